The molecule has 0 saturated carbocycles. The Hall–Kier alpha value is -3.70. The molecule has 5 N–H and O–H groups in total. The summed E-state index contributed by atoms with van der Waals surface area (Å²) in [6, 6.07) is 10.2. The van der Waals surface area contributed by atoms with Crippen molar-refractivity contribution < 1.29 is 5.11 Å². The molecular weight excluding hydrogens is 390 g/mol. The molecule has 1 aliphatic rings. The van der Waals surface area contributed by atoms with Gasteiger partial charge in [0.05, 0.1) is 11.1 Å². The van der Waals surface area contributed by atoms with E-state index in [1.54, 1.807) is 0 Å². The zero-order chi connectivity index (χ0) is 21.8. The summed E-state index contributed by atoms with van der Waals surface area (Å²) in [5.41, 5.74) is 8.32. The van der Waals surface area contributed by atoms with Gasteiger partial charge in [-0.15, -0.1) is 0 Å². The highest BCUT2D eigenvalue weighted by atomic mass is 16.3. The number of hydrogen-bond acceptors (Lipinski definition) is 8. The van der Waals surface area contributed by atoms with Gasteiger partial charge in [0.15, 0.2) is 0 Å². The van der Waals surface area contributed by atoms with Crippen molar-refractivity contribution in [2.45, 2.75) is 32.4 Å². The molecule has 0 amide bonds. The first-order valence-corrected chi connectivity index (χ1v) is 10.3. The number of hydrogen-bond donors (Lipinski definition) is 4. The zero-order valence-electron chi connectivity index (χ0n) is 17.4. The van der Waals surface area contributed by atoms with Gasteiger partial charge in [-0.1, -0.05) is 24.1 Å². The van der Waals surface area contributed by atoms with Gasteiger partial charge in [0, 0.05) is 30.6 Å². The lowest BCUT2D eigenvalue weighted by molar-refractivity contribution is 0.253. The van der Waals surface area contributed by atoms with Crippen molar-refractivity contribution in [1.29, 1.82) is 5.41 Å². The normalized spacial score (nSPS) is 14.2. The standard InChI is InChI=1S/C23H25N7O/c1-15(31)8-9-18(24)20-21(25)27-14-28-22(20)26-13-17-12-16-6-2-3-7-19(16)29-23(17)30-10-4-5-11-30/h2-3,6-7,12,14-15,24,31H,4-5,10-11,13H2,1H3,(H3,25,26,27,28). The number of nitrogens with one attached hydrogen (secondary N) is 2. The number of nitrogens with two attached hydrogens (primary N) is 1. The summed E-state index contributed by atoms with van der Waals surface area (Å²) in [6.07, 6.45) is 2.84. The van der Waals surface area contributed by atoms with E-state index in [-0.39, 0.29) is 11.5 Å². The van der Waals surface area contributed by atoms with Gasteiger partial charge in [0.2, 0.25) is 0 Å². The Kier molecular flexibility index (Phi) is 5.96. The minimum atomic E-state index is -0.839. The summed E-state index contributed by atoms with van der Waals surface area (Å²) in [5, 5.41) is 22.0. The molecule has 3 aromatic rings. The number of nitrogen functional groups attached to an aromatic ring is 1. The van der Waals surface area contributed by atoms with Crippen LogP contribution in [0.3, 0.4) is 0 Å². The smallest absolute Gasteiger partial charge is 0.141 e. The van der Waals surface area contributed by atoms with E-state index in [0.717, 1.165) is 48.2 Å². The molecule has 1 fully saturated rings. The van der Waals surface area contributed by atoms with Gasteiger partial charge in [-0.2, -0.15) is 0 Å². The Bertz CT molecular complexity index is 1170. The Morgan fingerprint density at radius 1 is 1.29 bits per heavy atom. The Balaban J connectivity index is 1.67. The Labute approximate surface area is 181 Å². The predicted molar refractivity (Wildman–Crippen MR) is 123 cm³/mol. The van der Waals surface area contributed by atoms with E-state index in [2.05, 4.69) is 44.2 Å². The van der Waals surface area contributed by atoms with Crippen LogP contribution >= 0.6 is 0 Å². The van der Waals surface area contributed by atoms with E-state index in [4.69, 9.17) is 16.1 Å². The molecule has 1 atom stereocenters. The van der Waals surface area contributed by atoms with Crippen LogP contribution in [0.15, 0.2) is 36.7 Å². The van der Waals surface area contributed by atoms with Crippen LogP contribution in [-0.4, -0.2) is 45.0 Å². The fourth-order valence-corrected chi connectivity index (χ4v) is 3.68. The van der Waals surface area contributed by atoms with Gasteiger partial charge in [-0.3, -0.25) is 5.41 Å². The van der Waals surface area contributed by atoms with Crippen molar-refractivity contribution in [3.63, 3.8) is 0 Å². The second-order valence-corrected chi connectivity index (χ2v) is 7.51. The van der Waals surface area contributed by atoms with E-state index < -0.39 is 6.10 Å². The quantitative estimate of drug-likeness (QED) is 0.373. The molecule has 1 aromatic carbocycles. The maximum atomic E-state index is 9.40. The van der Waals surface area contributed by atoms with Crippen molar-refractivity contribution >= 4 is 34.1 Å². The highest BCUT2D eigenvalue weighted by Crippen LogP contribution is 2.28. The summed E-state index contributed by atoms with van der Waals surface area (Å²) in [6.45, 7) is 3.98. The van der Waals surface area contributed by atoms with Gasteiger partial charge >= 0.3 is 0 Å². The number of para-hydroxylation sites is 1. The van der Waals surface area contributed by atoms with Gasteiger partial charge in [-0.05, 0) is 37.8 Å². The summed E-state index contributed by atoms with van der Waals surface area (Å²) in [5.74, 6) is 6.75. The number of rotatable bonds is 5. The van der Waals surface area contributed by atoms with Crippen LogP contribution in [0.2, 0.25) is 0 Å². The Morgan fingerprint density at radius 3 is 2.84 bits per heavy atom. The van der Waals surface area contributed by atoms with Gasteiger partial charge in [0.25, 0.3) is 0 Å². The van der Waals surface area contributed by atoms with Crippen molar-refractivity contribution in [3.8, 4) is 11.8 Å². The molecule has 4 rings (SSSR count). The molecule has 158 valence electrons. The molecule has 1 aliphatic heterocycles. The second kappa shape index (κ2) is 8.98. The number of pyridine rings is 1. The van der Waals surface area contributed by atoms with E-state index >= 15 is 0 Å². The number of anilines is 3. The second-order valence-electron chi connectivity index (χ2n) is 7.51. The molecule has 0 radical (unpaired) electrons. The summed E-state index contributed by atoms with van der Waals surface area (Å²) >= 11 is 0. The first-order chi connectivity index (χ1) is 15.0. The number of fused-ring (bicyclic) bond motifs is 1. The molecule has 3 heterocycles. The van der Waals surface area contributed by atoms with Gasteiger partial charge in [-0.25, -0.2) is 15.0 Å². The third-order valence-electron chi connectivity index (χ3n) is 5.16. The number of aromatic nitrogens is 3. The average Bonchev–Trinajstić information content (AvgIpc) is 3.30. The lowest BCUT2D eigenvalue weighted by atomic mass is 10.1. The number of aliphatic hydroxyl groups excluding tert-OH is 1. The van der Waals surface area contributed by atoms with E-state index in [9.17, 15) is 5.11 Å². The minimum absolute atomic E-state index is 0.0436. The molecule has 0 aliphatic carbocycles. The monoisotopic (exact) mass is 415 g/mol. The maximum absolute atomic E-state index is 9.40. The van der Waals surface area contributed by atoms with Crippen LogP contribution in [0.1, 0.15) is 30.9 Å². The lowest BCUT2D eigenvalue weighted by Crippen LogP contribution is -2.22. The average molecular weight is 416 g/mol. The number of nitrogens with zero attached hydrogens (tertiary/aromatic N) is 4. The highest BCUT2D eigenvalue weighted by Gasteiger charge is 2.19. The predicted octanol–water partition coefficient (Wildman–Crippen LogP) is 2.57. The van der Waals surface area contributed by atoms with Crippen molar-refractivity contribution in [1.82, 2.24) is 15.0 Å². The number of aliphatic hydroxyl groups is 1. The van der Waals surface area contributed by atoms with Crippen molar-refractivity contribution in [3.05, 3.63) is 47.8 Å². The molecular formula is C23H25N7O. The topological polar surface area (TPSA) is 124 Å². The molecule has 2 aromatic heterocycles. The van der Waals surface area contributed by atoms with E-state index in [0.29, 0.717) is 17.9 Å². The van der Waals surface area contributed by atoms with Crippen LogP contribution in [0.25, 0.3) is 10.9 Å². The zero-order valence-corrected chi connectivity index (χ0v) is 17.4. The maximum Gasteiger partial charge on any atom is 0.141 e. The van der Waals surface area contributed by atoms with E-state index in [1.807, 2.05) is 18.2 Å². The van der Waals surface area contributed by atoms with Crippen molar-refractivity contribution in [2.75, 3.05) is 29.0 Å². The van der Waals surface area contributed by atoms with Crippen LogP contribution in [0, 0.1) is 17.3 Å². The molecule has 1 unspecified atom stereocenters. The number of benzene rings is 1. The summed E-state index contributed by atoms with van der Waals surface area (Å²) < 4.78 is 0. The molecule has 8 heteroatoms. The fraction of sp³-hybridized carbons (Fsp3) is 0.304. The van der Waals surface area contributed by atoms with Crippen LogP contribution in [0.4, 0.5) is 17.5 Å². The first kappa shape index (κ1) is 20.6. The SMILES string of the molecule is CC(O)C#CC(=N)c1c(N)ncnc1NCc1cc2ccccc2nc1N1CCCC1. The third-order valence-corrected chi connectivity index (χ3v) is 5.16. The lowest BCUT2D eigenvalue weighted by Gasteiger charge is -2.21. The van der Waals surface area contributed by atoms with Crippen LogP contribution < -0.4 is 16.0 Å². The van der Waals surface area contributed by atoms with Crippen molar-refractivity contribution in [2.24, 2.45) is 0 Å². The first-order valence-electron chi connectivity index (χ1n) is 10.3. The summed E-state index contributed by atoms with van der Waals surface area (Å²) in [4.78, 5) is 15.5. The summed E-state index contributed by atoms with van der Waals surface area (Å²) in [7, 11) is 0. The van der Waals surface area contributed by atoms with Gasteiger partial charge < -0.3 is 21.1 Å². The largest absolute Gasteiger partial charge is 0.383 e. The minimum Gasteiger partial charge on any atom is -0.383 e. The molecule has 8 nitrogen and oxygen atoms in total. The van der Waals surface area contributed by atoms with E-state index in [1.165, 1.54) is 13.3 Å². The molecule has 31 heavy (non-hydrogen) atoms. The molecule has 0 bridgehead atoms. The fourth-order valence-electron chi connectivity index (χ4n) is 3.68. The third kappa shape index (κ3) is 4.57. The van der Waals surface area contributed by atoms with Crippen LogP contribution in [-0.2, 0) is 6.54 Å². The molecule has 1 saturated heterocycles. The van der Waals surface area contributed by atoms with Gasteiger partial charge in [0.1, 0.15) is 35.6 Å². The van der Waals surface area contributed by atoms with Crippen LogP contribution in [0.5, 0.6) is 0 Å². The highest BCUT2D eigenvalue weighted by molar-refractivity contribution is 6.16. The Morgan fingerprint density at radius 2 is 2.06 bits per heavy atom. The molecule has 0 spiro atoms.